The number of nitrogens with zero attached hydrogens (tertiary/aromatic N) is 3. The van der Waals surface area contributed by atoms with Gasteiger partial charge in [-0.1, -0.05) is 54.6 Å². The molecule has 2 aromatic carbocycles. The van der Waals surface area contributed by atoms with Crippen molar-refractivity contribution in [3.05, 3.63) is 103 Å². The molecule has 0 aliphatic carbocycles. The number of aryl methyl sites for hydroxylation is 1. The van der Waals surface area contributed by atoms with E-state index >= 15 is 0 Å². The van der Waals surface area contributed by atoms with Gasteiger partial charge in [0.25, 0.3) is 0 Å². The number of nitrogens with one attached hydrogen (secondary N) is 1. The van der Waals surface area contributed by atoms with Crippen LogP contribution >= 0.6 is 0 Å². The molecule has 3 rings (SSSR count). The van der Waals surface area contributed by atoms with Crippen LogP contribution in [-0.2, 0) is 24.9 Å². The van der Waals surface area contributed by atoms with E-state index in [4.69, 9.17) is 0 Å². The fraction of sp³-hybridized carbons (Fsp3) is 0.200. The van der Waals surface area contributed by atoms with Gasteiger partial charge in [0.1, 0.15) is 6.54 Å². The molecule has 1 heterocycles. The summed E-state index contributed by atoms with van der Waals surface area (Å²) in [5.41, 5.74) is 2.74. The molecule has 0 aliphatic rings. The standard InChI is InChI=1S/C25H28N4O2/c1-3-16-28(25(31)26-22-13-8-5-9-14-22)20-24(30)29(18-21-11-6-4-7-12-21)19-23-15-10-17-27(23)2/h3-15,17H,1,16,18-20H2,2H3,(H,26,31). The van der Waals surface area contributed by atoms with Crippen LogP contribution in [0.2, 0.25) is 0 Å². The van der Waals surface area contributed by atoms with Crippen molar-refractivity contribution in [1.82, 2.24) is 14.4 Å². The van der Waals surface area contributed by atoms with Crippen LogP contribution in [-0.4, -0.2) is 39.4 Å². The first-order valence-electron chi connectivity index (χ1n) is 10.2. The van der Waals surface area contributed by atoms with Gasteiger partial charge < -0.3 is 19.7 Å². The number of hydrogen-bond acceptors (Lipinski definition) is 2. The van der Waals surface area contributed by atoms with Gasteiger partial charge in [0.2, 0.25) is 5.91 Å². The second-order valence-corrected chi connectivity index (χ2v) is 7.31. The Balaban J connectivity index is 1.74. The zero-order valence-electron chi connectivity index (χ0n) is 17.8. The SMILES string of the molecule is C=CCN(CC(=O)N(Cc1ccccc1)Cc1cccn1C)C(=O)Nc1ccccc1. The monoisotopic (exact) mass is 416 g/mol. The van der Waals surface area contributed by atoms with E-state index in [0.717, 1.165) is 11.3 Å². The first-order chi connectivity index (χ1) is 15.1. The minimum absolute atomic E-state index is 0.0397. The molecule has 3 aromatic rings. The fourth-order valence-corrected chi connectivity index (χ4v) is 3.25. The van der Waals surface area contributed by atoms with E-state index in [9.17, 15) is 9.59 Å². The minimum Gasteiger partial charge on any atom is -0.353 e. The fourth-order valence-electron chi connectivity index (χ4n) is 3.25. The summed E-state index contributed by atoms with van der Waals surface area (Å²) in [4.78, 5) is 29.3. The molecule has 0 fully saturated rings. The van der Waals surface area contributed by atoms with Crippen LogP contribution in [0.3, 0.4) is 0 Å². The van der Waals surface area contributed by atoms with Gasteiger partial charge in [0.05, 0.1) is 6.54 Å². The molecule has 0 saturated heterocycles. The minimum atomic E-state index is -0.335. The first-order valence-corrected chi connectivity index (χ1v) is 10.2. The van der Waals surface area contributed by atoms with E-state index in [2.05, 4.69) is 11.9 Å². The highest BCUT2D eigenvalue weighted by Gasteiger charge is 2.22. The summed E-state index contributed by atoms with van der Waals surface area (Å²) in [6.45, 7) is 4.89. The lowest BCUT2D eigenvalue weighted by Gasteiger charge is -2.27. The molecule has 6 heteroatoms. The average Bonchev–Trinajstić information content (AvgIpc) is 3.18. The second-order valence-electron chi connectivity index (χ2n) is 7.31. The van der Waals surface area contributed by atoms with E-state index in [0.29, 0.717) is 18.8 Å². The highest BCUT2D eigenvalue weighted by atomic mass is 16.2. The summed E-state index contributed by atoms with van der Waals surface area (Å²) in [6.07, 6.45) is 3.58. The number of carbonyl (C=O) groups is 2. The summed E-state index contributed by atoms with van der Waals surface area (Å²) in [6, 6.07) is 22.7. The molecule has 1 N–H and O–H groups in total. The maximum Gasteiger partial charge on any atom is 0.322 e. The van der Waals surface area contributed by atoms with Gasteiger partial charge in [0, 0.05) is 37.7 Å². The summed E-state index contributed by atoms with van der Waals surface area (Å²) in [5, 5.41) is 2.84. The molecule has 0 atom stereocenters. The lowest BCUT2D eigenvalue weighted by atomic mass is 10.2. The Morgan fingerprint density at radius 2 is 1.61 bits per heavy atom. The molecule has 31 heavy (non-hydrogen) atoms. The zero-order chi connectivity index (χ0) is 22.1. The number of hydrogen-bond donors (Lipinski definition) is 1. The first kappa shape index (κ1) is 21.9. The third kappa shape index (κ3) is 6.34. The van der Waals surface area contributed by atoms with E-state index in [1.807, 2.05) is 90.6 Å². The van der Waals surface area contributed by atoms with Crippen LogP contribution in [0, 0.1) is 0 Å². The Labute approximate surface area is 183 Å². The predicted molar refractivity (Wildman–Crippen MR) is 123 cm³/mol. The molecule has 1 aromatic heterocycles. The largest absolute Gasteiger partial charge is 0.353 e. The zero-order valence-corrected chi connectivity index (χ0v) is 17.8. The molecule has 0 unspecified atom stereocenters. The quantitative estimate of drug-likeness (QED) is 0.530. The van der Waals surface area contributed by atoms with Crippen molar-refractivity contribution >= 4 is 17.6 Å². The summed E-state index contributed by atoms with van der Waals surface area (Å²) in [5.74, 6) is -0.130. The third-order valence-electron chi connectivity index (χ3n) is 4.96. The highest BCUT2D eigenvalue weighted by Crippen LogP contribution is 2.12. The number of carbonyl (C=O) groups excluding carboxylic acids is 2. The second kappa shape index (κ2) is 10.8. The van der Waals surface area contributed by atoms with Crippen LogP contribution in [0.25, 0.3) is 0 Å². The van der Waals surface area contributed by atoms with Crippen molar-refractivity contribution in [3.63, 3.8) is 0 Å². The van der Waals surface area contributed by atoms with E-state index in [1.54, 1.807) is 11.0 Å². The Morgan fingerprint density at radius 3 is 2.23 bits per heavy atom. The number of para-hydroxylation sites is 1. The number of benzene rings is 2. The van der Waals surface area contributed by atoms with E-state index in [1.165, 1.54) is 4.90 Å². The summed E-state index contributed by atoms with van der Waals surface area (Å²) >= 11 is 0. The van der Waals surface area contributed by atoms with E-state index < -0.39 is 0 Å². The van der Waals surface area contributed by atoms with Crippen molar-refractivity contribution in [2.45, 2.75) is 13.1 Å². The number of rotatable bonds is 9. The molecule has 0 spiro atoms. The average molecular weight is 417 g/mol. The Hall–Kier alpha value is -3.80. The number of amides is 3. The topological polar surface area (TPSA) is 57.6 Å². The van der Waals surface area contributed by atoms with Crippen molar-refractivity contribution in [2.24, 2.45) is 7.05 Å². The summed E-state index contributed by atoms with van der Waals surface area (Å²) < 4.78 is 1.99. The predicted octanol–water partition coefficient (Wildman–Crippen LogP) is 4.27. The maximum atomic E-state index is 13.3. The van der Waals surface area contributed by atoms with Crippen molar-refractivity contribution in [3.8, 4) is 0 Å². The van der Waals surface area contributed by atoms with Crippen molar-refractivity contribution < 1.29 is 9.59 Å². The Morgan fingerprint density at radius 1 is 0.935 bits per heavy atom. The van der Waals surface area contributed by atoms with Crippen molar-refractivity contribution in [1.29, 1.82) is 0 Å². The third-order valence-corrected chi connectivity index (χ3v) is 4.96. The van der Waals surface area contributed by atoms with Crippen LogP contribution in [0.4, 0.5) is 10.5 Å². The normalized spacial score (nSPS) is 10.4. The molecular formula is C25H28N4O2. The van der Waals surface area contributed by atoms with Gasteiger partial charge in [-0.3, -0.25) is 4.79 Å². The lowest BCUT2D eigenvalue weighted by Crippen LogP contribution is -2.44. The molecule has 0 saturated carbocycles. The van der Waals surface area contributed by atoms with Gasteiger partial charge in [-0.25, -0.2) is 4.79 Å². The molecule has 6 nitrogen and oxygen atoms in total. The Bertz CT molecular complexity index is 999. The molecule has 0 bridgehead atoms. The molecule has 0 aliphatic heterocycles. The Kier molecular flexibility index (Phi) is 7.65. The smallest absolute Gasteiger partial charge is 0.322 e. The van der Waals surface area contributed by atoms with Gasteiger partial charge in [-0.05, 0) is 29.8 Å². The van der Waals surface area contributed by atoms with Gasteiger partial charge >= 0.3 is 6.03 Å². The number of anilines is 1. The summed E-state index contributed by atoms with van der Waals surface area (Å²) in [7, 11) is 1.96. The lowest BCUT2D eigenvalue weighted by molar-refractivity contribution is -0.133. The number of urea groups is 1. The van der Waals surface area contributed by atoms with Gasteiger partial charge in [-0.15, -0.1) is 6.58 Å². The van der Waals surface area contributed by atoms with Crippen LogP contribution in [0.15, 0.2) is 91.6 Å². The maximum absolute atomic E-state index is 13.3. The van der Waals surface area contributed by atoms with Crippen molar-refractivity contribution in [2.75, 3.05) is 18.4 Å². The van der Waals surface area contributed by atoms with Crippen LogP contribution in [0.5, 0.6) is 0 Å². The number of aromatic nitrogens is 1. The molecule has 0 radical (unpaired) electrons. The molecule has 3 amide bonds. The molecule has 160 valence electrons. The van der Waals surface area contributed by atoms with Gasteiger partial charge in [-0.2, -0.15) is 0 Å². The van der Waals surface area contributed by atoms with Crippen LogP contribution < -0.4 is 5.32 Å². The van der Waals surface area contributed by atoms with Gasteiger partial charge in [0.15, 0.2) is 0 Å². The van der Waals surface area contributed by atoms with Crippen LogP contribution in [0.1, 0.15) is 11.3 Å². The highest BCUT2D eigenvalue weighted by molar-refractivity contribution is 5.92. The molecular weight excluding hydrogens is 388 g/mol. The van der Waals surface area contributed by atoms with E-state index in [-0.39, 0.29) is 25.0 Å².